The molecule has 0 unspecified atom stereocenters. The van der Waals surface area contributed by atoms with E-state index in [0.29, 0.717) is 0 Å². The second kappa shape index (κ2) is 5.27. The number of nitrogens with zero attached hydrogens (tertiary/aromatic N) is 3. The molecule has 1 aromatic carbocycles. The van der Waals surface area contributed by atoms with Crippen molar-refractivity contribution < 1.29 is 13.7 Å². The molecule has 21 heavy (non-hydrogen) atoms. The van der Waals surface area contributed by atoms with Crippen LogP contribution in [0.15, 0.2) is 12.1 Å². The number of benzene rings is 1. The van der Waals surface area contributed by atoms with E-state index in [2.05, 4.69) is 15.3 Å². The van der Waals surface area contributed by atoms with Gasteiger partial charge in [-0.3, -0.25) is 10.1 Å². The van der Waals surface area contributed by atoms with Crippen LogP contribution in [0.2, 0.25) is 0 Å². The van der Waals surface area contributed by atoms with Gasteiger partial charge in [-0.25, -0.2) is 13.8 Å². The van der Waals surface area contributed by atoms with Crippen molar-refractivity contribution >= 4 is 23.1 Å². The van der Waals surface area contributed by atoms with Crippen molar-refractivity contribution in [1.82, 2.24) is 9.97 Å². The fraction of sp³-hybridized carbons (Fsp3) is 0.167. The van der Waals surface area contributed by atoms with E-state index in [0.717, 1.165) is 12.1 Å². The summed E-state index contributed by atoms with van der Waals surface area (Å²) in [5.74, 6) is -1.93. The lowest BCUT2D eigenvalue weighted by Gasteiger charge is -2.10. The fourth-order valence-corrected chi connectivity index (χ4v) is 1.76. The summed E-state index contributed by atoms with van der Waals surface area (Å²) in [5, 5.41) is 13.4. The topological polar surface area (TPSA) is 107 Å². The average Bonchev–Trinajstić information content (AvgIpc) is 2.34. The number of nitrogens with one attached hydrogen (secondary N) is 1. The van der Waals surface area contributed by atoms with Gasteiger partial charge < -0.3 is 11.1 Å². The van der Waals surface area contributed by atoms with E-state index < -0.39 is 22.2 Å². The maximum Gasteiger partial charge on any atom is 0.332 e. The highest BCUT2D eigenvalue weighted by molar-refractivity contribution is 5.68. The summed E-state index contributed by atoms with van der Waals surface area (Å²) >= 11 is 0. The van der Waals surface area contributed by atoms with Gasteiger partial charge in [-0.2, -0.15) is 4.98 Å². The minimum Gasteiger partial charge on any atom is -0.368 e. The molecule has 9 heteroatoms. The molecule has 0 fully saturated rings. The molecule has 2 aromatic rings. The summed E-state index contributed by atoms with van der Waals surface area (Å²) in [6.07, 6.45) is 0. The van der Waals surface area contributed by atoms with Gasteiger partial charge in [0, 0.05) is 6.07 Å². The van der Waals surface area contributed by atoms with E-state index in [9.17, 15) is 18.9 Å². The van der Waals surface area contributed by atoms with Gasteiger partial charge in [-0.05, 0) is 25.5 Å². The van der Waals surface area contributed by atoms with Crippen molar-refractivity contribution in [1.29, 1.82) is 0 Å². The number of anilines is 3. The SMILES string of the molecule is Cc1cc(F)c(Nc2nc(N)nc(C)c2[N+](=O)[O-])cc1F. The van der Waals surface area contributed by atoms with Crippen molar-refractivity contribution in [3.63, 3.8) is 0 Å². The third kappa shape index (κ3) is 2.86. The molecule has 0 aliphatic heterocycles. The highest BCUT2D eigenvalue weighted by Crippen LogP contribution is 2.30. The van der Waals surface area contributed by atoms with Crippen LogP contribution in [0.5, 0.6) is 0 Å². The molecule has 110 valence electrons. The van der Waals surface area contributed by atoms with Gasteiger partial charge in [0.2, 0.25) is 11.8 Å². The summed E-state index contributed by atoms with van der Waals surface area (Å²) in [6.45, 7) is 2.77. The molecule has 0 amide bonds. The lowest BCUT2D eigenvalue weighted by Crippen LogP contribution is -2.08. The Morgan fingerprint density at radius 1 is 1.24 bits per heavy atom. The quantitative estimate of drug-likeness (QED) is 0.665. The number of hydrogen-bond acceptors (Lipinski definition) is 6. The molecule has 0 spiro atoms. The summed E-state index contributed by atoms with van der Waals surface area (Å²) < 4.78 is 27.3. The van der Waals surface area contributed by atoms with E-state index in [1.54, 1.807) is 0 Å². The molecule has 0 saturated heterocycles. The number of rotatable bonds is 3. The van der Waals surface area contributed by atoms with E-state index in [4.69, 9.17) is 5.73 Å². The molecular formula is C12H11F2N5O2. The molecular weight excluding hydrogens is 284 g/mol. The second-order valence-electron chi connectivity index (χ2n) is 4.33. The molecule has 0 aliphatic rings. The molecule has 2 rings (SSSR count). The normalized spacial score (nSPS) is 10.5. The molecule has 1 aromatic heterocycles. The first-order chi connectivity index (χ1) is 9.79. The summed E-state index contributed by atoms with van der Waals surface area (Å²) in [7, 11) is 0. The van der Waals surface area contributed by atoms with Crippen LogP contribution < -0.4 is 11.1 Å². The zero-order valence-electron chi connectivity index (χ0n) is 11.1. The Morgan fingerprint density at radius 3 is 2.52 bits per heavy atom. The predicted molar refractivity (Wildman–Crippen MR) is 72.2 cm³/mol. The standard InChI is InChI=1S/C12H11F2N5O2/c1-5-3-8(14)9(4-7(5)13)17-11-10(19(20)21)6(2)16-12(15)18-11/h3-4H,1-2H3,(H3,15,16,17,18). The van der Waals surface area contributed by atoms with E-state index in [1.807, 2.05) is 0 Å². The van der Waals surface area contributed by atoms with Crippen LogP contribution in [-0.4, -0.2) is 14.9 Å². The summed E-state index contributed by atoms with van der Waals surface area (Å²) in [6, 6.07) is 1.86. The van der Waals surface area contributed by atoms with Crippen LogP contribution in [0.4, 0.5) is 31.9 Å². The monoisotopic (exact) mass is 295 g/mol. The van der Waals surface area contributed by atoms with Crippen LogP contribution in [0.25, 0.3) is 0 Å². The summed E-state index contributed by atoms with van der Waals surface area (Å²) in [4.78, 5) is 17.6. The van der Waals surface area contributed by atoms with Crippen LogP contribution in [0.3, 0.4) is 0 Å². The largest absolute Gasteiger partial charge is 0.368 e. The van der Waals surface area contributed by atoms with Gasteiger partial charge in [0.1, 0.15) is 17.3 Å². The van der Waals surface area contributed by atoms with Gasteiger partial charge in [0.15, 0.2) is 0 Å². The number of nitro groups is 1. The fourth-order valence-electron chi connectivity index (χ4n) is 1.76. The maximum atomic E-state index is 13.8. The Labute approximate surface area is 118 Å². The van der Waals surface area contributed by atoms with Crippen LogP contribution in [0.1, 0.15) is 11.3 Å². The van der Waals surface area contributed by atoms with Crippen LogP contribution in [0, 0.1) is 35.6 Å². The molecule has 7 nitrogen and oxygen atoms in total. The van der Waals surface area contributed by atoms with Crippen molar-refractivity contribution in [3.05, 3.63) is 45.1 Å². The first kappa shape index (κ1) is 14.6. The van der Waals surface area contributed by atoms with Gasteiger partial charge >= 0.3 is 5.69 Å². The molecule has 0 saturated carbocycles. The number of nitrogen functional groups attached to an aromatic ring is 1. The minimum absolute atomic E-state index is 0.0167. The number of aryl methyl sites for hydroxylation is 2. The van der Waals surface area contributed by atoms with Gasteiger partial charge in [-0.15, -0.1) is 0 Å². The minimum atomic E-state index is -0.766. The number of halogens is 2. The van der Waals surface area contributed by atoms with Gasteiger partial charge in [0.25, 0.3) is 0 Å². The Morgan fingerprint density at radius 2 is 1.90 bits per heavy atom. The van der Waals surface area contributed by atoms with Crippen molar-refractivity contribution in [2.24, 2.45) is 0 Å². The van der Waals surface area contributed by atoms with E-state index >= 15 is 0 Å². The number of hydrogen-bond donors (Lipinski definition) is 2. The third-order valence-corrected chi connectivity index (χ3v) is 2.76. The number of aromatic nitrogens is 2. The van der Waals surface area contributed by atoms with Crippen LogP contribution >= 0.6 is 0 Å². The molecule has 0 aliphatic carbocycles. The van der Waals surface area contributed by atoms with Crippen molar-refractivity contribution in [2.45, 2.75) is 13.8 Å². The first-order valence-electron chi connectivity index (χ1n) is 5.80. The molecule has 0 bridgehead atoms. The molecule has 0 atom stereocenters. The molecule has 3 N–H and O–H groups in total. The lowest BCUT2D eigenvalue weighted by molar-refractivity contribution is -0.385. The van der Waals surface area contributed by atoms with Gasteiger partial charge in [-0.1, -0.05) is 0 Å². The maximum absolute atomic E-state index is 13.8. The first-order valence-corrected chi connectivity index (χ1v) is 5.80. The molecule has 1 heterocycles. The third-order valence-electron chi connectivity index (χ3n) is 2.76. The van der Waals surface area contributed by atoms with Crippen molar-refractivity contribution in [3.8, 4) is 0 Å². The van der Waals surface area contributed by atoms with Gasteiger partial charge in [0.05, 0.1) is 10.6 Å². The Balaban J connectivity index is 2.54. The zero-order valence-corrected chi connectivity index (χ0v) is 11.1. The predicted octanol–water partition coefficient (Wildman–Crippen LogP) is 2.61. The van der Waals surface area contributed by atoms with E-state index in [-0.39, 0.29) is 28.7 Å². The Kier molecular flexibility index (Phi) is 3.66. The van der Waals surface area contributed by atoms with Crippen LogP contribution in [-0.2, 0) is 0 Å². The lowest BCUT2D eigenvalue weighted by atomic mass is 10.2. The Bertz CT molecular complexity index is 736. The van der Waals surface area contributed by atoms with E-state index in [1.165, 1.54) is 13.8 Å². The summed E-state index contributed by atoms with van der Waals surface area (Å²) in [5.41, 5.74) is 4.82. The number of nitrogens with two attached hydrogens (primary N) is 1. The molecule has 0 radical (unpaired) electrons. The highest BCUT2D eigenvalue weighted by atomic mass is 19.1. The smallest absolute Gasteiger partial charge is 0.332 e. The highest BCUT2D eigenvalue weighted by Gasteiger charge is 2.22. The Hall–Kier alpha value is -2.84. The van der Waals surface area contributed by atoms with Crippen molar-refractivity contribution in [2.75, 3.05) is 11.1 Å². The second-order valence-corrected chi connectivity index (χ2v) is 4.33. The average molecular weight is 295 g/mol. The zero-order chi connectivity index (χ0) is 15.7.